The SMILES string of the molecule is c1cc2cc(c1)-n1c3ccccc3c3ccc(cc31)-c1ccc(cn1)CCc1cccc3c1Cc1c(cccc1C3)CCc1ccc-2nc1. The molecule has 3 heteroatoms. The van der Waals surface area contributed by atoms with E-state index >= 15 is 0 Å². The van der Waals surface area contributed by atoms with Gasteiger partial charge in [0.15, 0.2) is 0 Å². The van der Waals surface area contributed by atoms with E-state index in [9.17, 15) is 0 Å². The molecular formula is C46H35N3. The van der Waals surface area contributed by atoms with Crippen LogP contribution in [0, 0.1) is 0 Å². The van der Waals surface area contributed by atoms with E-state index in [-0.39, 0.29) is 0 Å². The number of para-hydroxylation sites is 1. The third kappa shape index (κ3) is 4.88. The van der Waals surface area contributed by atoms with Gasteiger partial charge in [0.05, 0.1) is 22.4 Å². The molecule has 0 unspecified atom stereocenters. The number of fused-ring (bicyclic) bond motifs is 2. The number of hydrogen-bond donors (Lipinski definition) is 0. The van der Waals surface area contributed by atoms with Crippen molar-refractivity contribution in [3.05, 3.63) is 184 Å². The maximum absolute atomic E-state index is 5.01. The van der Waals surface area contributed by atoms with E-state index in [4.69, 9.17) is 9.97 Å². The fourth-order valence-corrected chi connectivity index (χ4v) is 8.27. The van der Waals surface area contributed by atoms with E-state index in [0.29, 0.717) is 0 Å². The maximum Gasteiger partial charge on any atom is 0.0702 e. The van der Waals surface area contributed by atoms with Gasteiger partial charge in [-0.2, -0.15) is 0 Å². The summed E-state index contributed by atoms with van der Waals surface area (Å²) in [7, 11) is 0. The highest BCUT2D eigenvalue weighted by molar-refractivity contribution is 6.10. The number of hydrogen-bond acceptors (Lipinski definition) is 2. The molecule has 0 saturated heterocycles. The number of pyridine rings is 2. The van der Waals surface area contributed by atoms with Crippen molar-refractivity contribution >= 4 is 21.8 Å². The molecule has 4 aliphatic heterocycles. The Morgan fingerprint density at radius 2 is 1.04 bits per heavy atom. The van der Waals surface area contributed by atoms with Crippen molar-refractivity contribution in [1.29, 1.82) is 0 Å². The molecule has 5 aromatic carbocycles. The highest BCUT2D eigenvalue weighted by atomic mass is 15.0. The zero-order chi connectivity index (χ0) is 32.3. The van der Waals surface area contributed by atoms with Crippen LogP contribution in [-0.4, -0.2) is 14.5 Å². The lowest BCUT2D eigenvalue weighted by Gasteiger charge is -2.25. The summed E-state index contributed by atoms with van der Waals surface area (Å²) in [6, 6.07) is 47.0. The van der Waals surface area contributed by atoms with Gasteiger partial charge in [-0.05, 0) is 119 Å². The zero-order valence-corrected chi connectivity index (χ0v) is 27.4. The van der Waals surface area contributed by atoms with Gasteiger partial charge in [0.2, 0.25) is 0 Å². The normalized spacial score (nSPS) is 13.6. The van der Waals surface area contributed by atoms with Crippen molar-refractivity contribution in [3.8, 4) is 28.2 Å². The van der Waals surface area contributed by atoms with Gasteiger partial charge in [0.1, 0.15) is 0 Å². The van der Waals surface area contributed by atoms with Crippen molar-refractivity contribution in [2.75, 3.05) is 0 Å². The van der Waals surface area contributed by atoms with Crippen LogP contribution in [0.15, 0.2) is 140 Å². The van der Waals surface area contributed by atoms with Gasteiger partial charge in [0, 0.05) is 40.0 Å². The molecule has 0 fully saturated rings. The van der Waals surface area contributed by atoms with Crippen LogP contribution in [0.2, 0.25) is 0 Å². The summed E-state index contributed by atoms with van der Waals surface area (Å²) in [5.74, 6) is 0. The summed E-state index contributed by atoms with van der Waals surface area (Å²) in [6.45, 7) is 0. The van der Waals surface area contributed by atoms with E-state index in [1.807, 2.05) is 0 Å². The molecule has 3 aromatic heterocycles. The van der Waals surface area contributed by atoms with E-state index in [1.165, 1.54) is 66.3 Å². The fourth-order valence-electron chi connectivity index (χ4n) is 8.27. The Bertz CT molecular complexity index is 2540. The summed E-state index contributed by atoms with van der Waals surface area (Å²) >= 11 is 0. The summed E-state index contributed by atoms with van der Waals surface area (Å²) in [5, 5.41) is 2.49. The molecule has 49 heavy (non-hydrogen) atoms. The summed E-state index contributed by atoms with van der Waals surface area (Å²) in [6.07, 6.45) is 10.2. The van der Waals surface area contributed by atoms with E-state index in [2.05, 4.69) is 144 Å². The second-order valence-electron chi connectivity index (χ2n) is 13.7. The van der Waals surface area contributed by atoms with Gasteiger partial charge in [-0.25, -0.2) is 0 Å². The zero-order valence-electron chi connectivity index (χ0n) is 27.4. The Balaban J connectivity index is 1.12. The van der Waals surface area contributed by atoms with Crippen molar-refractivity contribution < 1.29 is 0 Å². The van der Waals surface area contributed by atoms with Gasteiger partial charge in [-0.3, -0.25) is 9.97 Å². The first-order valence-electron chi connectivity index (χ1n) is 17.5. The van der Waals surface area contributed by atoms with Crippen LogP contribution in [0.25, 0.3) is 50.0 Å². The Morgan fingerprint density at radius 1 is 0.429 bits per heavy atom. The van der Waals surface area contributed by atoms with Crippen molar-refractivity contribution in [2.45, 2.75) is 38.5 Å². The minimum absolute atomic E-state index is 0.977. The first kappa shape index (κ1) is 28.2. The second kappa shape index (κ2) is 11.4. The van der Waals surface area contributed by atoms with Gasteiger partial charge >= 0.3 is 0 Å². The van der Waals surface area contributed by atoms with Crippen LogP contribution >= 0.6 is 0 Å². The summed E-state index contributed by atoms with van der Waals surface area (Å²) in [4.78, 5) is 10.00. The number of aromatic nitrogens is 3. The fraction of sp³-hybridized carbons (Fsp3) is 0.130. The predicted molar refractivity (Wildman–Crippen MR) is 201 cm³/mol. The van der Waals surface area contributed by atoms with Crippen LogP contribution in [0.5, 0.6) is 0 Å². The third-order valence-corrected chi connectivity index (χ3v) is 10.9. The van der Waals surface area contributed by atoms with Crippen molar-refractivity contribution in [3.63, 3.8) is 0 Å². The first-order valence-corrected chi connectivity index (χ1v) is 17.5. The molecular weight excluding hydrogens is 595 g/mol. The average molecular weight is 630 g/mol. The van der Waals surface area contributed by atoms with Crippen LogP contribution in [-0.2, 0) is 38.5 Å². The molecule has 234 valence electrons. The number of nitrogens with zero attached hydrogens (tertiary/aromatic N) is 3. The molecule has 0 atom stereocenters. The summed E-state index contributed by atoms with van der Waals surface area (Å²) in [5.41, 5.74) is 19.2. The monoisotopic (exact) mass is 629 g/mol. The molecule has 3 nitrogen and oxygen atoms in total. The van der Waals surface area contributed by atoms with Crippen LogP contribution in [0.1, 0.15) is 44.5 Å². The van der Waals surface area contributed by atoms with Gasteiger partial charge in [-0.15, -0.1) is 0 Å². The maximum atomic E-state index is 5.01. The molecule has 1 aliphatic carbocycles. The number of aryl methyl sites for hydroxylation is 4. The molecule has 5 aliphatic rings. The molecule has 7 heterocycles. The van der Waals surface area contributed by atoms with Gasteiger partial charge in [-0.1, -0.05) is 91.0 Å². The molecule has 0 saturated carbocycles. The minimum atomic E-state index is 0.977. The molecule has 13 rings (SSSR count). The van der Waals surface area contributed by atoms with Gasteiger partial charge in [0.25, 0.3) is 0 Å². The first-order chi connectivity index (χ1) is 24.2. The number of rotatable bonds is 0. The second-order valence-corrected chi connectivity index (χ2v) is 13.7. The van der Waals surface area contributed by atoms with Crippen molar-refractivity contribution in [1.82, 2.24) is 14.5 Å². The lowest BCUT2D eigenvalue weighted by Crippen LogP contribution is -2.13. The molecule has 0 radical (unpaired) electrons. The van der Waals surface area contributed by atoms with Gasteiger partial charge < -0.3 is 4.57 Å². The largest absolute Gasteiger partial charge is 0.309 e. The molecule has 10 bridgehead atoms. The lowest BCUT2D eigenvalue weighted by molar-refractivity contribution is 0.875. The quantitative estimate of drug-likeness (QED) is 0.167. The third-order valence-electron chi connectivity index (χ3n) is 10.9. The Morgan fingerprint density at radius 3 is 1.71 bits per heavy atom. The van der Waals surface area contributed by atoms with E-state index in [1.54, 1.807) is 0 Å². The van der Waals surface area contributed by atoms with Crippen molar-refractivity contribution in [2.24, 2.45) is 0 Å². The summed E-state index contributed by atoms with van der Waals surface area (Å²) < 4.78 is 2.39. The highest BCUT2D eigenvalue weighted by Gasteiger charge is 2.21. The molecule has 0 amide bonds. The number of benzene rings is 5. The van der Waals surface area contributed by atoms with Crippen LogP contribution < -0.4 is 0 Å². The smallest absolute Gasteiger partial charge is 0.0702 e. The Labute approximate surface area is 286 Å². The molecule has 8 aromatic rings. The standard InChI is InChI=1S/C46H35N3/c1-2-13-45-39(12-1)40-21-20-37-26-46(40)49(45)38-11-5-10-36(25-38)43-22-16-30(28-47-43)14-18-32-6-3-8-34-24-35-9-4-7-33(42(35)27-41(32)34)19-15-31-17-23-44(37)48-29-31/h1-13,16-17,20-23,25-26,28-29H,14-15,18-19,24,27H2. The van der Waals surface area contributed by atoms with Crippen LogP contribution in [0.3, 0.4) is 0 Å². The topological polar surface area (TPSA) is 30.7 Å². The Kier molecular flexibility index (Phi) is 6.58. The van der Waals surface area contributed by atoms with E-state index in [0.717, 1.165) is 66.7 Å². The Hall–Kier alpha value is -5.80. The minimum Gasteiger partial charge on any atom is -0.309 e. The van der Waals surface area contributed by atoms with E-state index < -0.39 is 0 Å². The average Bonchev–Trinajstić information content (AvgIpc) is 3.49. The predicted octanol–water partition coefficient (Wildman–Crippen LogP) is 10.3. The lowest BCUT2D eigenvalue weighted by atomic mass is 9.80. The molecule has 0 spiro atoms. The van der Waals surface area contributed by atoms with Crippen LogP contribution in [0.4, 0.5) is 0 Å². The molecule has 0 N–H and O–H groups in total. The highest BCUT2D eigenvalue weighted by Crippen LogP contribution is 2.36.